The molecule has 0 radical (unpaired) electrons. The minimum absolute atomic E-state index is 0.205. The van der Waals surface area contributed by atoms with Gasteiger partial charge in [-0.3, -0.25) is 0 Å². The Labute approximate surface area is 101 Å². The second-order valence-corrected chi connectivity index (χ2v) is 5.39. The maximum Gasteiger partial charge on any atom is 0.410 e. The first-order chi connectivity index (χ1) is 7.85. The second-order valence-electron chi connectivity index (χ2n) is 5.39. The van der Waals surface area contributed by atoms with Crippen LogP contribution in [0.15, 0.2) is 10.6 Å². The number of aromatic nitrogens is 1. The van der Waals surface area contributed by atoms with Gasteiger partial charge in [0.05, 0.1) is 12.1 Å². The molecule has 0 aliphatic carbocycles. The predicted molar refractivity (Wildman–Crippen MR) is 61.8 cm³/mol. The summed E-state index contributed by atoms with van der Waals surface area (Å²) < 4.78 is 10.7. The number of carbonyl (C=O) groups is 1. The molecule has 1 amide bonds. The number of hydrogen-bond donors (Lipinski definition) is 0. The summed E-state index contributed by atoms with van der Waals surface area (Å²) in [4.78, 5) is 17.5. The zero-order valence-corrected chi connectivity index (χ0v) is 10.7. The van der Waals surface area contributed by atoms with Crippen molar-refractivity contribution in [2.75, 3.05) is 13.1 Å². The first kappa shape index (κ1) is 12.0. The first-order valence-corrected chi connectivity index (χ1v) is 5.75. The fraction of sp³-hybridized carbons (Fsp3) is 0.667. The van der Waals surface area contributed by atoms with Gasteiger partial charge in [-0.2, -0.15) is 0 Å². The molecule has 1 aromatic heterocycles. The molecule has 5 heteroatoms. The SMILES string of the molecule is Cc1cnc(C2CN(C(=O)OC(C)(C)C)C2)o1. The van der Waals surface area contributed by atoms with Gasteiger partial charge in [-0.05, 0) is 27.7 Å². The molecule has 2 heterocycles. The number of aryl methyl sites for hydroxylation is 1. The number of nitrogens with zero attached hydrogens (tertiary/aromatic N) is 2. The van der Waals surface area contributed by atoms with Crippen LogP contribution in [0.2, 0.25) is 0 Å². The molecule has 1 aromatic rings. The first-order valence-electron chi connectivity index (χ1n) is 5.75. The molecular weight excluding hydrogens is 220 g/mol. The van der Waals surface area contributed by atoms with Gasteiger partial charge in [-0.1, -0.05) is 0 Å². The van der Waals surface area contributed by atoms with Crippen LogP contribution >= 0.6 is 0 Å². The van der Waals surface area contributed by atoms with Crippen LogP contribution in [-0.2, 0) is 4.74 Å². The third-order valence-corrected chi connectivity index (χ3v) is 2.52. The molecule has 1 fully saturated rings. The maximum atomic E-state index is 11.7. The topological polar surface area (TPSA) is 55.6 Å². The van der Waals surface area contributed by atoms with E-state index in [9.17, 15) is 4.79 Å². The highest BCUT2D eigenvalue weighted by atomic mass is 16.6. The molecule has 0 aromatic carbocycles. The van der Waals surface area contributed by atoms with Gasteiger partial charge in [-0.25, -0.2) is 9.78 Å². The number of ether oxygens (including phenoxy) is 1. The summed E-state index contributed by atoms with van der Waals surface area (Å²) in [7, 11) is 0. The zero-order valence-electron chi connectivity index (χ0n) is 10.7. The van der Waals surface area contributed by atoms with Crippen molar-refractivity contribution < 1.29 is 13.9 Å². The van der Waals surface area contributed by atoms with Gasteiger partial charge in [0.1, 0.15) is 11.4 Å². The molecular formula is C12H18N2O3. The number of amides is 1. The highest BCUT2D eigenvalue weighted by Gasteiger charge is 2.36. The Hall–Kier alpha value is -1.52. The lowest BCUT2D eigenvalue weighted by Gasteiger charge is -2.38. The maximum absolute atomic E-state index is 11.7. The molecule has 17 heavy (non-hydrogen) atoms. The lowest BCUT2D eigenvalue weighted by Crippen LogP contribution is -2.50. The number of likely N-dealkylation sites (tertiary alicyclic amines) is 1. The molecule has 5 nitrogen and oxygen atoms in total. The summed E-state index contributed by atoms with van der Waals surface area (Å²) in [5.74, 6) is 1.72. The van der Waals surface area contributed by atoms with E-state index in [1.165, 1.54) is 0 Å². The minimum atomic E-state index is -0.443. The summed E-state index contributed by atoms with van der Waals surface area (Å²) in [5, 5.41) is 0. The van der Waals surface area contributed by atoms with E-state index in [1.807, 2.05) is 27.7 Å². The highest BCUT2D eigenvalue weighted by Crippen LogP contribution is 2.27. The van der Waals surface area contributed by atoms with Crippen molar-refractivity contribution in [3.63, 3.8) is 0 Å². The summed E-state index contributed by atoms with van der Waals surface area (Å²) >= 11 is 0. The van der Waals surface area contributed by atoms with Crippen LogP contribution < -0.4 is 0 Å². The molecule has 2 rings (SSSR count). The molecule has 1 aliphatic rings. The highest BCUT2D eigenvalue weighted by molar-refractivity contribution is 5.69. The van der Waals surface area contributed by atoms with Crippen molar-refractivity contribution in [1.29, 1.82) is 0 Å². The van der Waals surface area contributed by atoms with Gasteiger partial charge >= 0.3 is 6.09 Å². The molecule has 0 N–H and O–H groups in total. The Bertz CT molecular complexity index is 414. The summed E-state index contributed by atoms with van der Waals surface area (Å²) in [6.07, 6.45) is 1.43. The van der Waals surface area contributed by atoms with Crippen molar-refractivity contribution in [2.45, 2.75) is 39.2 Å². The molecule has 94 valence electrons. The average Bonchev–Trinajstić information content (AvgIpc) is 2.45. The van der Waals surface area contributed by atoms with Crippen molar-refractivity contribution in [2.24, 2.45) is 0 Å². The normalized spacial score (nSPS) is 16.8. The molecule has 0 unspecified atom stereocenters. The van der Waals surface area contributed by atoms with Gasteiger partial charge in [0.2, 0.25) is 5.89 Å². The van der Waals surface area contributed by atoms with E-state index in [0.717, 1.165) is 5.76 Å². The summed E-state index contributed by atoms with van der Waals surface area (Å²) in [6.45, 7) is 8.68. The molecule has 0 bridgehead atoms. The Balaban J connectivity index is 1.85. The molecule has 0 atom stereocenters. The van der Waals surface area contributed by atoms with Crippen molar-refractivity contribution in [1.82, 2.24) is 9.88 Å². The van der Waals surface area contributed by atoms with E-state index in [2.05, 4.69) is 4.98 Å². The largest absolute Gasteiger partial charge is 0.446 e. The van der Waals surface area contributed by atoms with Crippen molar-refractivity contribution >= 4 is 6.09 Å². The Morgan fingerprint density at radius 1 is 1.53 bits per heavy atom. The minimum Gasteiger partial charge on any atom is -0.446 e. The van der Waals surface area contributed by atoms with Gasteiger partial charge in [-0.15, -0.1) is 0 Å². The van der Waals surface area contributed by atoms with Crippen LogP contribution in [0.5, 0.6) is 0 Å². The third kappa shape index (κ3) is 2.78. The van der Waals surface area contributed by atoms with Crippen molar-refractivity contribution in [3.8, 4) is 0 Å². The smallest absolute Gasteiger partial charge is 0.410 e. The van der Waals surface area contributed by atoms with Gasteiger partial charge in [0, 0.05) is 13.1 Å². The fourth-order valence-electron chi connectivity index (χ4n) is 1.67. The van der Waals surface area contributed by atoms with Crippen LogP contribution in [0.4, 0.5) is 4.79 Å². The van der Waals surface area contributed by atoms with Crippen LogP contribution in [0.3, 0.4) is 0 Å². The second kappa shape index (κ2) is 4.05. The fourth-order valence-corrected chi connectivity index (χ4v) is 1.67. The Morgan fingerprint density at radius 3 is 2.65 bits per heavy atom. The molecule has 0 saturated carbocycles. The van der Waals surface area contributed by atoms with E-state index in [1.54, 1.807) is 11.1 Å². The summed E-state index contributed by atoms with van der Waals surface area (Å²) in [5.41, 5.74) is -0.443. The monoisotopic (exact) mass is 238 g/mol. The van der Waals surface area contributed by atoms with E-state index >= 15 is 0 Å². The van der Waals surface area contributed by atoms with E-state index in [4.69, 9.17) is 9.15 Å². The Morgan fingerprint density at radius 2 is 2.18 bits per heavy atom. The van der Waals surface area contributed by atoms with Crippen LogP contribution in [0, 0.1) is 6.92 Å². The standard InChI is InChI=1S/C12H18N2O3/c1-8-5-13-10(16-8)9-6-14(7-9)11(15)17-12(2,3)4/h5,9H,6-7H2,1-4H3. The van der Waals surface area contributed by atoms with Crippen LogP contribution in [0.25, 0.3) is 0 Å². The van der Waals surface area contributed by atoms with Gasteiger partial charge < -0.3 is 14.1 Å². The number of hydrogen-bond acceptors (Lipinski definition) is 4. The Kier molecular flexibility index (Phi) is 2.85. The van der Waals surface area contributed by atoms with Gasteiger partial charge in [0.15, 0.2) is 0 Å². The average molecular weight is 238 g/mol. The lowest BCUT2D eigenvalue weighted by molar-refractivity contribution is 0.00602. The van der Waals surface area contributed by atoms with Crippen LogP contribution in [-0.4, -0.2) is 34.7 Å². The van der Waals surface area contributed by atoms with Crippen molar-refractivity contribution in [3.05, 3.63) is 17.8 Å². The lowest BCUT2D eigenvalue weighted by atomic mass is 10.0. The summed E-state index contributed by atoms with van der Waals surface area (Å²) in [6, 6.07) is 0. The quantitative estimate of drug-likeness (QED) is 0.753. The van der Waals surface area contributed by atoms with Crippen LogP contribution in [0.1, 0.15) is 38.3 Å². The molecule has 1 aliphatic heterocycles. The molecule has 1 saturated heterocycles. The number of carbonyl (C=O) groups excluding carboxylic acids is 1. The van der Waals surface area contributed by atoms with E-state index < -0.39 is 5.60 Å². The van der Waals surface area contributed by atoms with E-state index in [0.29, 0.717) is 19.0 Å². The number of oxazole rings is 1. The predicted octanol–water partition coefficient (Wildman–Crippen LogP) is 2.32. The van der Waals surface area contributed by atoms with Gasteiger partial charge in [0.25, 0.3) is 0 Å². The van der Waals surface area contributed by atoms with E-state index in [-0.39, 0.29) is 12.0 Å². The third-order valence-electron chi connectivity index (χ3n) is 2.52. The molecule has 0 spiro atoms. The zero-order chi connectivity index (χ0) is 12.6. The number of rotatable bonds is 1.